The fourth-order valence-electron chi connectivity index (χ4n) is 4.39. The average molecular weight is 511 g/mol. The predicted octanol–water partition coefficient (Wildman–Crippen LogP) is 6.80. The zero-order valence-electron chi connectivity index (χ0n) is 22.8. The largest absolute Gasteiger partial charge is 0.469 e. The van der Waals surface area contributed by atoms with E-state index in [2.05, 4.69) is 35.9 Å². The topological polar surface area (TPSA) is 71.1 Å². The molecular formula is C31H42O6. The maximum absolute atomic E-state index is 11.8. The number of carbonyl (C=O) groups is 2. The van der Waals surface area contributed by atoms with Crippen LogP contribution in [0.4, 0.5) is 0 Å². The van der Waals surface area contributed by atoms with E-state index in [-0.39, 0.29) is 18.7 Å². The highest BCUT2D eigenvalue weighted by Crippen LogP contribution is 2.33. The van der Waals surface area contributed by atoms with Gasteiger partial charge in [0.1, 0.15) is 5.75 Å². The number of hydrogen-bond acceptors (Lipinski definition) is 6. The minimum atomic E-state index is -0.269. The number of hydrogen-bond donors (Lipinski definition) is 0. The average Bonchev–Trinajstić information content (AvgIpc) is 2.94. The van der Waals surface area contributed by atoms with Crippen molar-refractivity contribution in [1.29, 1.82) is 0 Å². The molecular weight excluding hydrogens is 468 g/mol. The molecule has 0 saturated carbocycles. The Labute approximate surface area is 222 Å². The Balaban J connectivity index is 0.000000458. The molecule has 0 aromatic heterocycles. The molecule has 1 aliphatic carbocycles. The highest BCUT2D eigenvalue weighted by atomic mass is 16.7. The lowest BCUT2D eigenvalue weighted by molar-refractivity contribution is -0.140. The monoisotopic (exact) mass is 510 g/mol. The number of para-hydroxylation sites is 1. The molecule has 0 N–H and O–H groups in total. The lowest BCUT2D eigenvalue weighted by atomic mass is 9.81. The van der Waals surface area contributed by atoms with Gasteiger partial charge in [0.05, 0.1) is 19.8 Å². The summed E-state index contributed by atoms with van der Waals surface area (Å²) < 4.78 is 19.9. The van der Waals surface area contributed by atoms with Crippen LogP contribution in [0.1, 0.15) is 84.8 Å². The van der Waals surface area contributed by atoms with Crippen LogP contribution in [0.2, 0.25) is 0 Å². The molecule has 1 aliphatic rings. The number of allylic oxidation sites excluding steroid dienone is 2. The molecule has 0 heterocycles. The first-order valence-corrected chi connectivity index (χ1v) is 13.2. The van der Waals surface area contributed by atoms with E-state index in [1.54, 1.807) is 7.11 Å². The van der Waals surface area contributed by atoms with E-state index in [9.17, 15) is 9.59 Å². The third-order valence-corrected chi connectivity index (χ3v) is 6.39. The van der Waals surface area contributed by atoms with Crippen LogP contribution in [0.5, 0.6) is 5.75 Å². The Morgan fingerprint density at radius 1 is 1.03 bits per heavy atom. The van der Waals surface area contributed by atoms with Gasteiger partial charge in [-0.2, -0.15) is 0 Å². The Hall–Kier alpha value is -3.12. The highest BCUT2D eigenvalue weighted by Gasteiger charge is 2.19. The van der Waals surface area contributed by atoms with Gasteiger partial charge < -0.3 is 18.9 Å². The number of unbranched alkanes of at least 4 members (excludes halogenated alkanes) is 2. The van der Waals surface area contributed by atoms with Gasteiger partial charge in [0, 0.05) is 19.4 Å². The lowest BCUT2D eigenvalue weighted by Gasteiger charge is -2.23. The summed E-state index contributed by atoms with van der Waals surface area (Å²) >= 11 is 0. The molecule has 6 heteroatoms. The number of benzene rings is 2. The molecule has 0 fully saturated rings. The molecule has 37 heavy (non-hydrogen) atoms. The summed E-state index contributed by atoms with van der Waals surface area (Å²) in [5.41, 5.74) is 4.43. The SMILES string of the molecule is CCCCCC(=O)OC.COCOc1ccccc1CC/C=C\C1CCCc2cc(C(=O)OC)ccc21. The van der Waals surface area contributed by atoms with Crippen LogP contribution in [0.15, 0.2) is 54.6 Å². The van der Waals surface area contributed by atoms with Gasteiger partial charge in [-0.25, -0.2) is 4.79 Å². The van der Waals surface area contributed by atoms with Crippen LogP contribution in [-0.4, -0.2) is 40.1 Å². The van der Waals surface area contributed by atoms with Crippen LogP contribution < -0.4 is 4.74 Å². The number of rotatable bonds is 12. The minimum Gasteiger partial charge on any atom is -0.469 e. The normalized spacial score (nSPS) is 14.3. The summed E-state index contributed by atoms with van der Waals surface area (Å²) in [7, 11) is 4.47. The van der Waals surface area contributed by atoms with Crippen molar-refractivity contribution in [3.8, 4) is 5.75 Å². The lowest BCUT2D eigenvalue weighted by Crippen LogP contribution is -2.10. The molecule has 202 valence electrons. The quantitative estimate of drug-likeness (QED) is 0.135. The molecule has 0 amide bonds. The van der Waals surface area contributed by atoms with Crippen LogP contribution in [-0.2, 0) is 31.8 Å². The van der Waals surface area contributed by atoms with Crippen LogP contribution in [0.25, 0.3) is 0 Å². The maximum atomic E-state index is 11.8. The van der Waals surface area contributed by atoms with Crippen molar-refractivity contribution in [3.63, 3.8) is 0 Å². The number of fused-ring (bicyclic) bond motifs is 1. The smallest absolute Gasteiger partial charge is 0.337 e. The standard InChI is InChI=1S/C24H28O4.C7H14O2/c1-26-17-28-23-13-6-5-10-19(23)9-4-3-8-18-11-7-12-20-16-21(24(25)27-2)14-15-22(18)20;1-3-4-5-6-7(8)9-2/h3,5-6,8,10,13-16,18H,4,7,9,11-12,17H2,1-2H3;3-6H2,1-2H3/b8-3-;. The Morgan fingerprint density at radius 3 is 2.57 bits per heavy atom. The third kappa shape index (κ3) is 10.4. The fourth-order valence-corrected chi connectivity index (χ4v) is 4.39. The third-order valence-electron chi connectivity index (χ3n) is 6.39. The first kappa shape index (κ1) is 30.1. The van der Waals surface area contributed by atoms with Gasteiger partial charge in [-0.05, 0) is 73.4 Å². The van der Waals surface area contributed by atoms with Crippen molar-refractivity contribution < 1.29 is 28.5 Å². The van der Waals surface area contributed by atoms with Crippen molar-refractivity contribution in [2.75, 3.05) is 28.1 Å². The molecule has 1 atom stereocenters. The van der Waals surface area contributed by atoms with Crippen molar-refractivity contribution in [1.82, 2.24) is 0 Å². The zero-order chi connectivity index (χ0) is 26.9. The van der Waals surface area contributed by atoms with Gasteiger partial charge >= 0.3 is 11.9 Å². The molecule has 2 aromatic rings. The van der Waals surface area contributed by atoms with Crippen molar-refractivity contribution in [2.45, 2.75) is 70.6 Å². The maximum Gasteiger partial charge on any atom is 0.337 e. The van der Waals surface area contributed by atoms with Gasteiger partial charge in [-0.1, -0.05) is 56.2 Å². The molecule has 0 bridgehead atoms. The number of methoxy groups -OCH3 is 3. The van der Waals surface area contributed by atoms with E-state index in [4.69, 9.17) is 14.2 Å². The molecule has 1 unspecified atom stereocenters. The van der Waals surface area contributed by atoms with E-state index in [0.29, 0.717) is 17.9 Å². The van der Waals surface area contributed by atoms with Crippen molar-refractivity contribution >= 4 is 11.9 Å². The number of carbonyl (C=O) groups excluding carboxylic acids is 2. The second-order valence-electron chi connectivity index (χ2n) is 9.06. The van der Waals surface area contributed by atoms with Gasteiger partial charge in [0.15, 0.2) is 6.79 Å². The van der Waals surface area contributed by atoms with E-state index in [0.717, 1.165) is 57.1 Å². The Morgan fingerprint density at radius 2 is 1.84 bits per heavy atom. The number of aryl methyl sites for hydroxylation is 2. The molecule has 0 saturated heterocycles. The van der Waals surface area contributed by atoms with E-state index in [1.165, 1.54) is 30.9 Å². The Kier molecular flexibility index (Phi) is 14.1. The van der Waals surface area contributed by atoms with Crippen molar-refractivity contribution in [3.05, 3.63) is 76.9 Å². The fraction of sp³-hybridized carbons (Fsp3) is 0.484. The summed E-state index contributed by atoms with van der Waals surface area (Å²) in [5.74, 6) is 0.935. The predicted molar refractivity (Wildman–Crippen MR) is 146 cm³/mol. The molecule has 0 radical (unpaired) electrons. The zero-order valence-corrected chi connectivity index (χ0v) is 22.8. The van der Waals surface area contributed by atoms with Crippen molar-refractivity contribution in [2.24, 2.45) is 0 Å². The highest BCUT2D eigenvalue weighted by molar-refractivity contribution is 5.89. The van der Waals surface area contributed by atoms with Gasteiger partial charge in [0.25, 0.3) is 0 Å². The van der Waals surface area contributed by atoms with Gasteiger partial charge in [-0.15, -0.1) is 0 Å². The second kappa shape index (κ2) is 17.4. The first-order valence-electron chi connectivity index (χ1n) is 13.2. The van der Waals surface area contributed by atoms with E-state index in [1.807, 2.05) is 30.3 Å². The first-order chi connectivity index (χ1) is 18.0. The minimum absolute atomic E-state index is 0.0940. The van der Waals surface area contributed by atoms with E-state index >= 15 is 0 Å². The van der Waals surface area contributed by atoms with Gasteiger partial charge in [0.2, 0.25) is 0 Å². The van der Waals surface area contributed by atoms with Crippen LogP contribution in [0.3, 0.4) is 0 Å². The summed E-state index contributed by atoms with van der Waals surface area (Å²) in [6.07, 6.45) is 13.6. The molecule has 2 aromatic carbocycles. The summed E-state index contributed by atoms with van der Waals surface area (Å²) in [5, 5.41) is 0. The summed E-state index contributed by atoms with van der Waals surface area (Å²) in [4.78, 5) is 22.2. The molecule has 3 rings (SSSR count). The Bertz CT molecular complexity index is 997. The summed E-state index contributed by atoms with van der Waals surface area (Å²) in [6, 6.07) is 14.0. The molecule has 0 spiro atoms. The van der Waals surface area contributed by atoms with E-state index < -0.39 is 0 Å². The van der Waals surface area contributed by atoms with Crippen LogP contribution in [0, 0.1) is 0 Å². The number of ether oxygens (including phenoxy) is 4. The molecule has 0 aliphatic heterocycles. The number of esters is 2. The second-order valence-corrected chi connectivity index (χ2v) is 9.06. The molecule has 6 nitrogen and oxygen atoms in total. The van der Waals surface area contributed by atoms with Crippen LogP contribution >= 0.6 is 0 Å². The summed E-state index contributed by atoms with van der Waals surface area (Å²) in [6.45, 7) is 2.37. The van der Waals surface area contributed by atoms with Gasteiger partial charge in [-0.3, -0.25) is 4.79 Å².